The lowest BCUT2D eigenvalue weighted by atomic mass is 10.2. The van der Waals surface area contributed by atoms with Crippen LogP contribution in [0.1, 0.15) is 31.1 Å². The zero-order valence-electron chi connectivity index (χ0n) is 17.8. The van der Waals surface area contributed by atoms with E-state index in [1.54, 1.807) is 18.2 Å². The van der Waals surface area contributed by atoms with Crippen LogP contribution in [0.2, 0.25) is 0 Å². The van der Waals surface area contributed by atoms with Crippen molar-refractivity contribution in [1.29, 1.82) is 0 Å². The van der Waals surface area contributed by atoms with Gasteiger partial charge >= 0.3 is 0 Å². The van der Waals surface area contributed by atoms with Gasteiger partial charge in [0.25, 0.3) is 5.91 Å². The molecule has 0 aromatic carbocycles. The number of ether oxygens (including phenoxy) is 1. The fourth-order valence-corrected chi connectivity index (χ4v) is 2.99. The van der Waals surface area contributed by atoms with Crippen molar-refractivity contribution in [1.82, 2.24) is 15.0 Å². The highest BCUT2D eigenvalue weighted by Crippen LogP contribution is 2.22. The number of pyridine rings is 1. The van der Waals surface area contributed by atoms with Crippen molar-refractivity contribution in [2.45, 2.75) is 32.9 Å². The number of carbonyl (C=O) groups is 2. The molecule has 0 spiro atoms. The lowest BCUT2D eigenvalue weighted by Crippen LogP contribution is -2.44. The van der Waals surface area contributed by atoms with Crippen molar-refractivity contribution >= 4 is 35.2 Å². The molecule has 0 radical (unpaired) electrons. The number of carbonyl (C=O) groups excluding carboxylic acids is 2. The lowest BCUT2D eigenvalue weighted by Gasteiger charge is -2.33. The molecule has 0 unspecified atom stereocenters. The van der Waals surface area contributed by atoms with Crippen LogP contribution in [0.3, 0.4) is 0 Å². The van der Waals surface area contributed by atoms with Crippen molar-refractivity contribution in [3.63, 3.8) is 0 Å². The highest BCUT2D eigenvalue weighted by molar-refractivity contribution is 6.04. The van der Waals surface area contributed by atoms with Crippen LogP contribution in [0.15, 0.2) is 24.4 Å². The van der Waals surface area contributed by atoms with E-state index in [1.165, 1.54) is 13.1 Å². The summed E-state index contributed by atoms with van der Waals surface area (Å²) in [4.78, 5) is 38.9. The van der Waals surface area contributed by atoms with Gasteiger partial charge in [-0.05, 0) is 26.0 Å². The number of nitrogens with one attached hydrogen (secondary N) is 3. The summed E-state index contributed by atoms with van der Waals surface area (Å²) in [5.41, 5.74) is 0.312. The summed E-state index contributed by atoms with van der Waals surface area (Å²) < 4.78 is 5.48. The number of nitrogens with zero attached hydrogens (tertiary/aromatic N) is 4. The first kappa shape index (κ1) is 22.4. The van der Waals surface area contributed by atoms with Gasteiger partial charge in [0, 0.05) is 31.8 Å². The summed E-state index contributed by atoms with van der Waals surface area (Å²) in [5, 5.41) is 17.8. The van der Waals surface area contributed by atoms with E-state index >= 15 is 0 Å². The number of hydrogen-bond acceptors (Lipinski definition) is 9. The number of amides is 2. The summed E-state index contributed by atoms with van der Waals surface area (Å²) in [7, 11) is 0. The van der Waals surface area contributed by atoms with Crippen molar-refractivity contribution in [2.24, 2.45) is 0 Å². The number of anilines is 4. The average molecular weight is 429 g/mol. The molecule has 2 atom stereocenters. The van der Waals surface area contributed by atoms with Crippen molar-refractivity contribution in [3.05, 3.63) is 30.0 Å². The van der Waals surface area contributed by atoms with Crippen LogP contribution in [0, 0.1) is 0 Å². The van der Waals surface area contributed by atoms with Crippen LogP contribution in [0.5, 0.6) is 0 Å². The second-order valence-corrected chi connectivity index (χ2v) is 7.35. The molecular formula is C20H27N7O4. The Bertz CT molecular complexity index is 922. The van der Waals surface area contributed by atoms with E-state index in [0.717, 1.165) is 0 Å². The normalized spacial score (nSPS) is 17.0. The van der Waals surface area contributed by atoms with E-state index < -0.39 is 5.91 Å². The molecule has 11 heteroatoms. The minimum absolute atomic E-state index is 0.0682. The zero-order valence-corrected chi connectivity index (χ0v) is 17.8. The third-order valence-corrected chi connectivity index (χ3v) is 4.58. The van der Waals surface area contributed by atoms with Crippen molar-refractivity contribution in [3.8, 4) is 0 Å². The number of hydrogen-bond donors (Lipinski definition) is 4. The fraction of sp³-hybridized carbons (Fsp3) is 0.450. The second kappa shape index (κ2) is 10.1. The SMILES string of the molecule is CC(=O)Nc1ccc(C(=O)Nc2cc(N[C@@H](C)CO)nc(N3CCOC[C@@H]3C)n2)cn1. The molecule has 31 heavy (non-hydrogen) atoms. The van der Waals surface area contributed by atoms with Gasteiger partial charge in [-0.3, -0.25) is 9.59 Å². The van der Waals surface area contributed by atoms with E-state index in [1.807, 2.05) is 18.7 Å². The number of aliphatic hydroxyl groups is 1. The minimum atomic E-state index is -0.400. The summed E-state index contributed by atoms with van der Waals surface area (Å²) in [6, 6.07) is 4.57. The molecule has 2 aromatic heterocycles. The molecule has 3 rings (SSSR count). The van der Waals surface area contributed by atoms with Crippen molar-refractivity contribution < 1.29 is 19.4 Å². The summed E-state index contributed by atoms with van der Waals surface area (Å²) >= 11 is 0. The Morgan fingerprint density at radius 3 is 2.68 bits per heavy atom. The lowest BCUT2D eigenvalue weighted by molar-refractivity contribution is -0.114. The minimum Gasteiger partial charge on any atom is -0.394 e. The molecule has 1 fully saturated rings. The van der Waals surface area contributed by atoms with Gasteiger partial charge in [-0.1, -0.05) is 0 Å². The fourth-order valence-electron chi connectivity index (χ4n) is 2.99. The molecule has 0 bridgehead atoms. The molecule has 166 valence electrons. The first-order chi connectivity index (χ1) is 14.9. The monoisotopic (exact) mass is 429 g/mol. The van der Waals surface area contributed by atoms with E-state index in [-0.39, 0.29) is 24.6 Å². The number of rotatable bonds is 7. The summed E-state index contributed by atoms with van der Waals surface area (Å²) in [5.74, 6) is 0.974. The van der Waals surface area contributed by atoms with Gasteiger partial charge in [0.2, 0.25) is 11.9 Å². The molecule has 2 aromatic rings. The van der Waals surface area contributed by atoms with Gasteiger partial charge in [0.15, 0.2) is 0 Å². The molecule has 0 aliphatic carbocycles. The number of aliphatic hydroxyl groups excluding tert-OH is 1. The molecule has 1 aliphatic heterocycles. The second-order valence-electron chi connectivity index (χ2n) is 7.35. The predicted molar refractivity (Wildman–Crippen MR) is 116 cm³/mol. The van der Waals surface area contributed by atoms with Crippen molar-refractivity contribution in [2.75, 3.05) is 47.2 Å². The van der Waals surface area contributed by atoms with Gasteiger partial charge in [-0.25, -0.2) is 4.98 Å². The number of morpholine rings is 1. The zero-order chi connectivity index (χ0) is 22.4. The Balaban J connectivity index is 1.82. The van der Waals surface area contributed by atoms with Gasteiger partial charge in [0.1, 0.15) is 17.5 Å². The van der Waals surface area contributed by atoms with Crippen LogP contribution in [0.25, 0.3) is 0 Å². The predicted octanol–water partition coefficient (Wildman–Crippen LogP) is 1.10. The Hall–Kier alpha value is -3.31. The molecule has 3 heterocycles. The third kappa shape index (κ3) is 6.09. The van der Waals surface area contributed by atoms with Crippen LogP contribution < -0.4 is 20.9 Å². The van der Waals surface area contributed by atoms with Crippen LogP contribution in [-0.2, 0) is 9.53 Å². The molecule has 1 aliphatic rings. The van der Waals surface area contributed by atoms with E-state index in [9.17, 15) is 14.7 Å². The largest absolute Gasteiger partial charge is 0.394 e. The summed E-state index contributed by atoms with van der Waals surface area (Å²) in [6.45, 7) is 6.89. The molecule has 4 N–H and O–H groups in total. The van der Waals surface area contributed by atoms with Crippen LogP contribution in [0.4, 0.5) is 23.4 Å². The maximum absolute atomic E-state index is 12.7. The van der Waals surface area contributed by atoms with Crippen LogP contribution in [-0.4, -0.2) is 70.3 Å². The quantitative estimate of drug-likeness (QED) is 0.509. The Labute approximate surface area is 180 Å². The smallest absolute Gasteiger partial charge is 0.258 e. The Kier molecular flexibility index (Phi) is 7.32. The molecule has 0 saturated carbocycles. The standard InChI is InChI=1S/C20H27N7O4/c1-12(10-28)22-17-8-18(26-20(25-17)27-6-7-31-11-13(27)2)24-19(30)15-4-5-16(21-9-15)23-14(3)29/h4-5,8-9,12-13,28H,6-7,10-11H2,1-3H3,(H,21,23,29)(H2,22,24,25,26,30)/t12-,13-/m0/s1. The highest BCUT2D eigenvalue weighted by Gasteiger charge is 2.23. The molecular weight excluding hydrogens is 402 g/mol. The van der Waals surface area contributed by atoms with E-state index in [2.05, 4.69) is 30.9 Å². The maximum Gasteiger partial charge on any atom is 0.258 e. The van der Waals surface area contributed by atoms with Gasteiger partial charge in [-0.2, -0.15) is 9.97 Å². The molecule has 2 amide bonds. The molecule has 11 nitrogen and oxygen atoms in total. The topological polar surface area (TPSA) is 142 Å². The van der Waals surface area contributed by atoms with E-state index in [4.69, 9.17) is 4.74 Å². The average Bonchev–Trinajstić information content (AvgIpc) is 2.73. The summed E-state index contributed by atoms with van der Waals surface area (Å²) in [6.07, 6.45) is 1.37. The Morgan fingerprint density at radius 1 is 1.26 bits per heavy atom. The Morgan fingerprint density at radius 2 is 2.03 bits per heavy atom. The first-order valence-corrected chi connectivity index (χ1v) is 10.0. The highest BCUT2D eigenvalue weighted by atomic mass is 16.5. The van der Waals surface area contributed by atoms with Crippen LogP contribution >= 0.6 is 0 Å². The maximum atomic E-state index is 12.7. The van der Waals surface area contributed by atoms with Gasteiger partial charge in [-0.15, -0.1) is 0 Å². The third-order valence-electron chi connectivity index (χ3n) is 4.58. The van der Waals surface area contributed by atoms with Gasteiger partial charge < -0.3 is 30.7 Å². The first-order valence-electron chi connectivity index (χ1n) is 10.0. The molecule has 1 saturated heterocycles. The van der Waals surface area contributed by atoms with E-state index in [0.29, 0.717) is 48.7 Å². The number of aromatic nitrogens is 3. The van der Waals surface area contributed by atoms with Gasteiger partial charge in [0.05, 0.1) is 31.4 Å².